The molecule has 1 unspecified atom stereocenters. The second kappa shape index (κ2) is 10.9. The molecule has 2 aromatic heterocycles. The monoisotopic (exact) mass is 541 g/mol. The van der Waals surface area contributed by atoms with Crippen molar-refractivity contribution in [3.8, 4) is 22.4 Å². The van der Waals surface area contributed by atoms with Crippen molar-refractivity contribution in [1.82, 2.24) is 19.7 Å². The zero-order chi connectivity index (χ0) is 28.5. The van der Waals surface area contributed by atoms with Crippen LogP contribution in [0.5, 0.6) is 0 Å². The van der Waals surface area contributed by atoms with Crippen molar-refractivity contribution < 1.29 is 14.3 Å². The highest BCUT2D eigenvalue weighted by Gasteiger charge is 2.41. The number of imidazole rings is 1. The van der Waals surface area contributed by atoms with Gasteiger partial charge in [0.1, 0.15) is 11.4 Å². The molecule has 1 saturated carbocycles. The maximum absolute atomic E-state index is 12.7. The minimum absolute atomic E-state index is 0.0633. The van der Waals surface area contributed by atoms with Crippen molar-refractivity contribution in [2.45, 2.75) is 71.1 Å². The average molecular weight is 542 g/mol. The van der Waals surface area contributed by atoms with Crippen molar-refractivity contribution in [2.24, 2.45) is 0 Å². The molecule has 0 saturated heterocycles. The first-order valence-corrected chi connectivity index (χ1v) is 13.9. The van der Waals surface area contributed by atoms with Crippen LogP contribution in [0.4, 0.5) is 10.6 Å². The normalized spacial score (nSPS) is 15.3. The molecule has 2 heterocycles. The van der Waals surface area contributed by atoms with Gasteiger partial charge in [-0.1, -0.05) is 54.6 Å². The molecule has 1 amide bonds. The van der Waals surface area contributed by atoms with Crippen LogP contribution in [0.1, 0.15) is 58.2 Å². The third kappa shape index (κ3) is 5.68. The van der Waals surface area contributed by atoms with Gasteiger partial charge in [0.25, 0.3) is 0 Å². The highest BCUT2D eigenvalue weighted by atomic mass is 16.6. The number of ether oxygens (including phenoxy) is 2. The Kier molecular flexibility index (Phi) is 7.55. The average Bonchev–Trinajstić information content (AvgIpc) is 3.26. The number of nitrogens with zero attached hydrogens (tertiary/aromatic N) is 3. The van der Waals surface area contributed by atoms with Crippen molar-refractivity contribution in [2.75, 3.05) is 19.0 Å². The zero-order valence-electron chi connectivity index (χ0n) is 24.2. The lowest BCUT2D eigenvalue weighted by Gasteiger charge is -2.43. The van der Waals surface area contributed by atoms with E-state index in [9.17, 15) is 4.79 Å². The van der Waals surface area contributed by atoms with E-state index in [1.54, 1.807) is 7.11 Å². The van der Waals surface area contributed by atoms with Crippen molar-refractivity contribution >= 4 is 17.7 Å². The Morgan fingerprint density at radius 3 is 2.35 bits per heavy atom. The van der Waals surface area contributed by atoms with Gasteiger partial charge in [-0.15, -0.1) is 0 Å². The lowest BCUT2D eigenvalue weighted by molar-refractivity contribution is 0.0377. The predicted molar refractivity (Wildman–Crippen MR) is 158 cm³/mol. The highest BCUT2D eigenvalue weighted by Crippen LogP contribution is 2.43. The van der Waals surface area contributed by atoms with Crippen LogP contribution in [0, 0.1) is 6.92 Å². The van der Waals surface area contributed by atoms with Gasteiger partial charge in [-0.25, -0.2) is 14.8 Å². The van der Waals surface area contributed by atoms with Crippen LogP contribution in [0.15, 0.2) is 60.8 Å². The number of hydrogen-bond acceptors (Lipinski definition) is 6. The summed E-state index contributed by atoms with van der Waals surface area (Å²) in [6.07, 6.45) is 4.44. The van der Waals surface area contributed by atoms with Crippen LogP contribution in [0.3, 0.4) is 0 Å². The number of methoxy groups -OCH3 is 1. The highest BCUT2D eigenvalue weighted by molar-refractivity contribution is 5.90. The molecule has 40 heavy (non-hydrogen) atoms. The number of hydrogen-bond donors (Lipinski definition) is 2. The molecule has 0 bridgehead atoms. The second-order valence-corrected chi connectivity index (χ2v) is 11.7. The fraction of sp³-hybridized carbons (Fsp3) is 0.406. The molecular weight excluding hydrogens is 502 g/mol. The van der Waals surface area contributed by atoms with Gasteiger partial charge in [-0.2, -0.15) is 0 Å². The van der Waals surface area contributed by atoms with E-state index in [0.717, 1.165) is 58.7 Å². The summed E-state index contributed by atoms with van der Waals surface area (Å²) >= 11 is 0. The van der Waals surface area contributed by atoms with Gasteiger partial charge in [-0.05, 0) is 65.0 Å². The topological polar surface area (TPSA) is 89.8 Å². The number of rotatable bonds is 8. The van der Waals surface area contributed by atoms with Gasteiger partial charge in [0.2, 0.25) is 5.78 Å². The number of fused-ring (bicyclic) bond motifs is 1. The van der Waals surface area contributed by atoms with Crippen molar-refractivity contribution in [3.05, 3.63) is 72.1 Å². The van der Waals surface area contributed by atoms with Crippen LogP contribution in [-0.2, 0) is 15.0 Å². The Bertz CT molecular complexity index is 1490. The Morgan fingerprint density at radius 1 is 1.05 bits per heavy atom. The van der Waals surface area contributed by atoms with E-state index in [0.29, 0.717) is 12.4 Å². The minimum atomic E-state index is -0.547. The molecule has 210 valence electrons. The molecule has 0 aliphatic heterocycles. The van der Waals surface area contributed by atoms with Gasteiger partial charge in [0.15, 0.2) is 0 Å². The number of carbonyl (C=O) groups is 1. The van der Waals surface area contributed by atoms with Crippen molar-refractivity contribution in [1.29, 1.82) is 0 Å². The first kappa shape index (κ1) is 27.6. The van der Waals surface area contributed by atoms with Crippen molar-refractivity contribution in [3.63, 3.8) is 0 Å². The lowest BCUT2D eigenvalue weighted by Crippen LogP contribution is -2.52. The summed E-state index contributed by atoms with van der Waals surface area (Å²) < 4.78 is 13.0. The number of amides is 1. The van der Waals surface area contributed by atoms with Gasteiger partial charge in [-0.3, -0.25) is 4.40 Å². The van der Waals surface area contributed by atoms with Crippen LogP contribution in [0.2, 0.25) is 0 Å². The molecule has 4 aromatic rings. The summed E-state index contributed by atoms with van der Waals surface area (Å²) in [5, 5.41) is 6.82. The fourth-order valence-electron chi connectivity index (χ4n) is 5.33. The molecule has 1 aliphatic carbocycles. The summed E-state index contributed by atoms with van der Waals surface area (Å²) in [5.41, 5.74) is 4.85. The molecule has 1 fully saturated rings. The molecule has 5 rings (SSSR count). The number of aryl methyl sites for hydroxylation is 1. The zero-order valence-corrected chi connectivity index (χ0v) is 24.2. The molecule has 0 radical (unpaired) electrons. The Labute approximate surface area is 236 Å². The van der Waals surface area contributed by atoms with E-state index in [2.05, 4.69) is 54.0 Å². The molecule has 2 aromatic carbocycles. The molecule has 8 nitrogen and oxygen atoms in total. The SMILES string of the molecule is COCC(C)Nc1c(-c2ccccc2)c(-c2ccc(C3(NC(=O)OC(C)(C)C)CCC3)cc2)nc2nc(C)cn12. The molecule has 8 heteroatoms. The summed E-state index contributed by atoms with van der Waals surface area (Å²) in [6.45, 7) is 10.3. The summed E-state index contributed by atoms with van der Waals surface area (Å²) in [7, 11) is 1.71. The van der Waals surface area contributed by atoms with Crippen LogP contribution >= 0.6 is 0 Å². The third-order valence-corrected chi connectivity index (χ3v) is 7.25. The van der Waals surface area contributed by atoms with E-state index in [-0.39, 0.29) is 12.1 Å². The number of anilines is 1. The summed E-state index contributed by atoms with van der Waals surface area (Å²) in [6, 6.07) is 18.7. The Hall–Kier alpha value is -3.91. The molecule has 1 aliphatic rings. The van der Waals surface area contributed by atoms with Gasteiger partial charge >= 0.3 is 6.09 Å². The van der Waals surface area contributed by atoms with Crippen LogP contribution < -0.4 is 10.6 Å². The minimum Gasteiger partial charge on any atom is -0.444 e. The summed E-state index contributed by atoms with van der Waals surface area (Å²) in [4.78, 5) is 22.4. The Balaban J connectivity index is 1.59. The first-order valence-electron chi connectivity index (χ1n) is 13.9. The van der Waals surface area contributed by atoms with E-state index in [1.165, 1.54) is 0 Å². The standard InChI is InChI=1S/C32H39N5O3/c1-21-19-37-28(33-22(2)20-39-6)26(23-11-8-7-9-12-23)27(35-29(37)34-21)24-13-15-25(16-14-24)32(17-10-18-32)36-30(38)40-31(3,4)5/h7-9,11-16,19,22,33H,10,17-18,20H2,1-6H3,(H,36,38). The smallest absolute Gasteiger partial charge is 0.408 e. The molecule has 1 atom stereocenters. The lowest BCUT2D eigenvalue weighted by atomic mass is 9.71. The number of aromatic nitrogens is 3. The maximum atomic E-state index is 12.7. The van der Waals surface area contributed by atoms with E-state index >= 15 is 0 Å². The predicted octanol–water partition coefficient (Wildman–Crippen LogP) is 6.72. The van der Waals surface area contributed by atoms with E-state index < -0.39 is 11.1 Å². The molecule has 2 N–H and O–H groups in total. The van der Waals surface area contributed by atoms with Crippen LogP contribution in [0.25, 0.3) is 28.2 Å². The number of nitrogens with one attached hydrogen (secondary N) is 2. The second-order valence-electron chi connectivity index (χ2n) is 11.7. The van der Waals surface area contributed by atoms with E-state index in [1.807, 2.05) is 56.5 Å². The van der Waals surface area contributed by atoms with Crippen LogP contribution in [-0.4, -0.2) is 45.8 Å². The molecule has 0 spiro atoms. The largest absolute Gasteiger partial charge is 0.444 e. The first-order chi connectivity index (χ1) is 19.1. The number of alkyl carbamates (subject to hydrolysis) is 1. The fourth-order valence-corrected chi connectivity index (χ4v) is 5.33. The van der Waals surface area contributed by atoms with E-state index in [4.69, 9.17) is 19.4 Å². The Morgan fingerprint density at radius 2 is 1.75 bits per heavy atom. The summed E-state index contributed by atoms with van der Waals surface area (Å²) in [5.74, 6) is 1.55. The van der Waals surface area contributed by atoms with Gasteiger partial charge in [0.05, 0.1) is 23.5 Å². The van der Waals surface area contributed by atoms with Gasteiger partial charge in [0, 0.05) is 30.5 Å². The maximum Gasteiger partial charge on any atom is 0.408 e. The van der Waals surface area contributed by atoms with Gasteiger partial charge < -0.3 is 20.1 Å². The third-order valence-electron chi connectivity index (χ3n) is 7.25. The molecular formula is C32H39N5O3. The number of benzene rings is 2. The quantitative estimate of drug-likeness (QED) is 0.257. The number of carbonyl (C=O) groups excluding carboxylic acids is 1.